The van der Waals surface area contributed by atoms with Crippen LogP contribution in [-0.4, -0.2) is 97.9 Å². The summed E-state index contributed by atoms with van der Waals surface area (Å²) in [7, 11) is -7.45. The van der Waals surface area contributed by atoms with E-state index in [0.717, 1.165) is 11.6 Å². The van der Waals surface area contributed by atoms with E-state index in [1.807, 2.05) is 0 Å². The van der Waals surface area contributed by atoms with Crippen molar-refractivity contribution in [2.45, 2.75) is 24.5 Å². The molecule has 3 N–H and O–H groups in total. The number of carbonyl (C=O) groups is 2. The molecule has 0 radical (unpaired) electrons. The number of ether oxygens (including phenoxy) is 1. The van der Waals surface area contributed by atoms with Gasteiger partial charge in [-0.3, -0.25) is 9.69 Å². The summed E-state index contributed by atoms with van der Waals surface area (Å²) in [5, 5.41) is 20.0. The highest BCUT2D eigenvalue weighted by Crippen LogP contribution is 2.27. The van der Waals surface area contributed by atoms with Crippen molar-refractivity contribution in [1.29, 1.82) is 0 Å². The Balaban J connectivity index is 1.40. The van der Waals surface area contributed by atoms with E-state index in [0.29, 0.717) is 22.5 Å². The van der Waals surface area contributed by atoms with Gasteiger partial charge in [-0.2, -0.15) is 4.31 Å². The number of sulfonamides is 2. The molecule has 1 aliphatic heterocycles. The number of para-hydroxylation sites is 1. The first-order chi connectivity index (χ1) is 18.8. The number of aliphatic carboxylic acids is 1. The van der Waals surface area contributed by atoms with Gasteiger partial charge in [-0.05, 0) is 37.3 Å². The molecule has 216 valence electrons. The minimum absolute atomic E-state index is 0.0594. The molecular formula is C25H30N4O9S2. The van der Waals surface area contributed by atoms with Crippen molar-refractivity contribution < 1.29 is 41.4 Å². The number of piperazine rings is 1. The number of nitrogens with one attached hydrogen (secondary N) is 1. The lowest BCUT2D eigenvalue weighted by Gasteiger charge is -2.36. The molecule has 1 fully saturated rings. The lowest BCUT2D eigenvalue weighted by Crippen LogP contribution is -2.56. The molecule has 1 atom stereocenters. The van der Waals surface area contributed by atoms with E-state index in [9.17, 15) is 36.6 Å². The van der Waals surface area contributed by atoms with Crippen LogP contribution in [0.1, 0.15) is 11.3 Å². The van der Waals surface area contributed by atoms with Gasteiger partial charge in [0.25, 0.3) is 0 Å². The summed E-state index contributed by atoms with van der Waals surface area (Å²) >= 11 is 0. The van der Waals surface area contributed by atoms with Gasteiger partial charge in [0.1, 0.15) is 18.4 Å². The summed E-state index contributed by atoms with van der Waals surface area (Å²) in [6.07, 6.45) is -0.0240. The molecule has 0 aliphatic carbocycles. The number of carboxylic acid groups (broad SMARTS) is 2. The Labute approximate surface area is 231 Å². The molecule has 0 unspecified atom stereocenters. The molecule has 13 nitrogen and oxygen atoms in total. The number of benzene rings is 2. The zero-order valence-corrected chi connectivity index (χ0v) is 23.5. The quantitative estimate of drug-likeness (QED) is 0.311. The van der Waals surface area contributed by atoms with Gasteiger partial charge in [-0.25, -0.2) is 30.9 Å². The topological polar surface area (TPSA) is 176 Å². The van der Waals surface area contributed by atoms with Crippen LogP contribution >= 0.6 is 0 Å². The summed E-state index contributed by atoms with van der Waals surface area (Å²) < 4.78 is 59.7. The number of rotatable bonds is 10. The smallest absolute Gasteiger partial charge is 0.416 e. The predicted molar refractivity (Wildman–Crippen MR) is 145 cm³/mol. The molecule has 0 saturated carbocycles. The molecule has 1 saturated heterocycles. The van der Waals surface area contributed by atoms with Crippen LogP contribution in [0.2, 0.25) is 0 Å². The summed E-state index contributed by atoms with van der Waals surface area (Å²) in [4.78, 5) is 25.0. The molecule has 15 heteroatoms. The van der Waals surface area contributed by atoms with Crippen LogP contribution in [0.4, 0.5) is 4.79 Å². The van der Waals surface area contributed by atoms with Crippen LogP contribution in [0.15, 0.2) is 53.4 Å². The van der Waals surface area contributed by atoms with Gasteiger partial charge in [0.15, 0.2) is 0 Å². The van der Waals surface area contributed by atoms with Gasteiger partial charge in [0, 0.05) is 49.4 Å². The molecule has 3 aromatic rings. The fourth-order valence-electron chi connectivity index (χ4n) is 4.73. The van der Waals surface area contributed by atoms with Crippen LogP contribution in [0.3, 0.4) is 0 Å². The Hall–Kier alpha value is -3.50. The molecule has 0 spiro atoms. The summed E-state index contributed by atoms with van der Waals surface area (Å²) in [6, 6.07) is 11.5. The first-order valence-corrected chi connectivity index (χ1v) is 15.6. The van der Waals surface area contributed by atoms with Gasteiger partial charge >= 0.3 is 12.1 Å². The van der Waals surface area contributed by atoms with E-state index in [1.165, 1.54) is 38.0 Å². The average Bonchev–Trinajstić information content (AvgIpc) is 3.18. The Morgan fingerprint density at radius 3 is 2.17 bits per heavy atom. The third-order valence-corrected chi connectivity index (χ3v) is 9.63. The Morgan fingerprint density at radius 2 is 1.60 bits per heavy atom. The number of nitrogens with zero attached hydrogens (tertiary/aromatic N) is 3. The SMILES string of the molecule is Cc1c(COc2ccc(S(=O)(=O)NC[C@@H](C(=O)O)N3CCN(S(C)(=O)=O)CC3)cc2)c2ccccc2n1C(=O)O. The highest BCUT2D eigenvalue weighted by atomic mass is 32.2. The lowest BCUT2D eigenvalue weighted by atomic mass is 10.1. The van der Waals surface area contributed by atoms with E-state index in [4.69, 9.17) is 4.74 Å². The number of aromatic nitrogens is 1. The minimum atomic E-state index is -4.06. The van der Waals surface area contributed by atoms with Crippen LogP contribution < -0.4 is 9.46 Å². The molecular weight excluding hydrogens is 564 g/mol. The monoisotopic (exact) mass is 594 g/mol. The van der Waals surface area contributed by atoms with Crippen molar-refractivity contribution in [3.8, 4) is 5.75 Å². The molecule has 0 bridgehead atoms. The Bertz CT molecular complexity index is 1630. The normalized spacial score (nSPS) is 16.1. The largest absolute Gasteiger partial charge is 0.489 e. The molecule has 1 aromatic heterocycles. The molecule has 0 amide bonds. The Kier molecular flexibility index (Phi) is 8.51. The zero-order valence-electron chi connectivity index (χ0n) is 21.8. The van der Waals surface area contributed by atoms with E-state index in [2.05, 4.69) is 4.72 Å². The summed E-state index contributed by atoms with van der Waals surface area (Å²) in [5.41, 5.74) is 1.74. The van der Waals surface area contributed by atoms with Gasteiger partial charge in [0.05, 0.1) is 16.7 Å². The summed E-state index contributed by atoms with van der Waals surface area (Å²) in [5.74, 6) is -0.864. The zero-order chi connectivity index (χ0) is 29.2. The number of fused-ring (bicyclic) bond motifs is 1. The highest BCUT2D eigenvalue weighted by Gasteiger charge is 2.32. The second kappa shape index (κ2) is 11.5. The van der Waals surface area contributed by atoms with Crippen molar-refractivity contribution >= 4 is 43.0 Å². The standard InChI is InChI=1S/C25H30N4O9S2/c1-17-21(20-5-3-4-6-22(20)29(17)25(32)33)16-38-18-7-9-19(10-8-18)40(36,37)26-15-23(24(30)31)27-11-13-28(14-12-27)39(2,34)35/h3-10,23,26H,11-16H2,1-2H3,(H,30,31)(H,32,33)/t23-/m0/s1. The molecule has 2 heterocycles. The minimum Gasteiger partial charge on any atom is -0.489 e. The van der Waals surface area contributed by atoms with Crippen molar-refractivity contribution in [3.63, 3.8) is 0 Å². The predicted octanol–water partition coefficient (Wildman–Crippen LogP) is 1.36. The Morgan fingerprint density at radius 1 is 0.975 bits per heavy atom. The third-order valence-electron chi connectivity index (χ3n) is 6.89. The molecule has 40 heavy (non-hydrogen) atoms. The van der Waals surface area contributed by atoms with E-state index < -0.39 is 44.7 Å². The van der Waals surface area contributed by atoms with Gasteiger partial charge in [-0.1, -0.05) is 18.2 Å². The van der Waals surface area contributed by atoms with Crippen molar-refractivity contribution in [1.82, 2.24) is 18.5 Å². The maximum atomic E-state index is 12.9. The van der Waals surface area contributed by atoms with Gasteiger partial charge < -0.3 is 14.9 Å². The van der Waals surface area contributed by atoms with Crippen molar-refractivity contribution in [2.75, 3.05) is 39.0 Å². The fraction of sp³-hybridized carbons (Fsp3) is 0.360. The van der Waals surface area contributed by atoms with Crippen molar-refractivity contribution in [2.24, 2.45) is 0 Å². The van der Waals surface area contributed by atoms with E-state index >= 15 is 0 Å². The van der Waals surface area contributed by atoms with Gasteiger partial charge in [-0.15, -0.1) is 0 Å². The van der Waals surface area contributed by atoms with Crippen LogP contribution in [0, 0.1) is 6.92 Å². The van der Waals surface area contributed by atoms with Gasteiger partial charge in [0.2, 0.25) is 20.0 Å². The molecule has 4 rings (SSSR count). The first-order valence-electron chi connectivity index (χ1n) is 12.3. The molecule has 2 aromatic carbocycles. The highest BCUT2D eigenvalue weighted by molar-refractivity contribution is 7.89. The van der Waals surface area contributed by atoms with Crippen LogP contribution in [0.25, 0.3) is 10.9 Å². The number of carboxylic acids is 1. The maximum Gasteiger partial charge on any atom is 0.416 e. The lowest BCUT2D eigenvalue weighted by molar-refractivity contribution is -0.143. The summed E-state index contributed by atoms with van der Waals surface area (Å²) in [6.45, 7) is 1.89. The number of hydrogen-bond donors (Lipinski definition) is 3. The third kappa shape index (κ3) is 6.28. The van der Waals surface area contributed by atoms with Crippen LogP contribution in [0.5, 0.6) is 5.75 Å². The first kappa shape index (κ1) is 29.5. The van der Waals surface area contributed by atoms with Crippen molar-refractivity contribution in [3.05, 3.63) is 59.8 Å². The van der Waals surface area contributed by atoms with E-state index in [-0.39, 0.29) is 37.7 Å². The maximum absolute atomic E-state index is 12.9. The fourth-order valence-corrected chi connectivity index (χ4v) is 6.59. The molecule has 1 aliphatic rings. The van der Waals surface area contributed by atoms with Crippen LogP contribution in [-0.2, 0) is 31.4 Å². The second-order valence-electron chi connectivity index (χ2n) is 9.36. The van der Waals surface area contributed by atoms with E-state index in [1.54, 1.807) is 31.2 Å². The average molecular weight is 595 g/mol. The second-order valence-corrected chi connectivity index (χ2v) is 13.1. The number of hydrogen-bond acceptors (Lipinski definition) is 8.